The zero-order chi connectivity index (χ0) is 17.8. The van der Waals surface area contributed by atoms with Gasteiger partial charge in [0.05, 0.1) is 6.04 Å². The van der Waals surface area contributed by atoms with Crippen molar-refractivity contribution in [3.05, 3.63) is 48.5 Å². The molecule has 6 heteroatoms. The number of hydrogen-bond donors (Lipinski definition) is 1. The van der Waals surface area contributed by atoms with E-state index in [9.17, 15) is 9.59 Å². The van der Waals surface area contributed by atoms with Crippen molar-refractivity contribution in [2.75, 3.05) is 11.4 Å². The van der Waals surface area contributed by atoms with E-state index >= 15 is 0 Å². The van der Waals surface area contributed by atoms with Crippen LogP contribution in [0.25, 0.3) is 0 Å². The fourth-order valence-corrected chi connectivity index (χ4v) is 3.19. The normalized spacial score (nSPS) is 17.3. The molecule has 2 amide bonds. The minimum atomic E-state index is -0.132. The van der Waals surface area contributed by atoms with Crippen molar-refractivity contribution in [1.82, 2.24) is 14.9 Å². The monoisotopic (exact) mass is 340 g/mol. The highest BCUT2D eigenvalue weighted by Crippen LogP contribution is 2.21. The Labute approximate surface area is 147 Å². The smallest absolute Gasteiger partial charge is 0.229 e. The third kappa shape index (κ3) is 4.07. The van der Waals surface area contributed by atoms with Gasteiger partial charge in [0.15, 0.2) is 0 Å². The molecular weight excluding hydrogens is 316 g/mol. The number of para-hydroxylation sites is 1. The predicted molar refractivity (Wildman–Crippen MR) is 96.3 cm³/mol. The van der Waals surface area contributed by atoms with Crippen LogP contribution < -0.4 is 10.2 Å². The molecule has 2 aromatic rings. The van der Waals surface area contributed by atoms with Gasteiger partial charge < -0.3 is 14.8 Å². The van der Waals surface area contributed by atoms with Crippen LogP contribution in [-0.2, 0) is 16.1 Å². The van der Waals surface area contributed by atoms with Crippen molar-refractivity contribution in [3.63, 3.8) is 0 Å². The van der Waals surface area contributed by atoms with E-state index in [1.807, 2.05) is 41.1 Å². The van der Waals surface area contributed by atoms with Gasteiger partial charge in [-0.25, -0.2) is 4.98 Å². The third-order valence-electron chi connectivity index (χ3n) is 4.40. The van der Waals surface area contributed by atoms with E-state index in [0.29, 0.717) is 31.8 Å². The van der Waals surface area contributed by atoms with Crippen molar-refractivity contribution in [1.29, 1.82) is 0 Å². The van der Waals surface area contributed by atoms with Gasteiger partial charge in [-0.05, 0) is 12.1 Å². The summed E-state index contributed by atoms with van der Waals surface area (Å²) in [6.07, 6.45) is 4.40. The Balaban J connectivity index is 1.52. The SMILES string of the molecule is CC(C)c1nccn1CCC(=O)N[C@H]1CC(=O)N(c2ccccc2)C1. The Morgan fingerprint density at radius 2 is 2.08 bits per heavy atom. The highest BCUT2D eigenvalue weighted by molar-refractivity contribution is 5.96. The summed E-state index contributed by atoms with van der Waals surface area (Å²) in [5, 5.41) is 2.98. The highest BCUT2D eigenvalue weighted by Gasteiger charge is 2.31. The fraction of sp³-hybridized carbons (Fsp3) is 0.421. The van der Waals surface area contributed by atoms with E-state index in [4.69, 9.17) is 0 Å². The maximum atomic E-state index is 12.3. The molecule has 3 rings (SSSR count). The predicted octanol–water partition coefficient (Wildman–Crippen LogP) is 2.32. The minimum Gasteiger partial charge on any atom is -0.351 e. The van der Waals surface area contributed by atoms with Gasteiger partial charge in [0.1, 0.15) is 5.82 Å². The lowest BCUT2D eigenvalue weighted by atomic mass is 10.2. The number of aryl methyl sites for hydroxylation is 1. The Hall–Kier alpha value is -2.63. The maximum absolute atomic E-state index is 12.3. The molecule has 1 saturated heterocycles. The third-order valence-corrected chi connectivity index (χ3v) is 4.40. The summed E-state index contributed by atoms with van der Waals surface area (Å²) in [7, 11) is 0. The lowest BCUT2D eigenvalue weighted by Crippen LogP contribution is -2.37. The zero-order valence-electron chi connectivity index (χ0n) is 14.7. The number of amides is 2. The second kappa shape index (κ2) is 7.51. The first kappa shape index (κ1) is 17.2. The van der Waals surface area contributed by atoms with Gasteiger partial charge in [0, 0.05) is 49.9 Å². The minimum absolute atomic E-state index is 0.0314. The molecule has 1 atom stereocenters. The van der Waals surface area contributed by atoms with Crippen LogP contribution in [0.2, 0.25) is 0 Å². The molecule has 2 heterocycles. The van der Waals surface area contributed by atoms with Crippen molar-refractivity contribution in [2.24, 2.45) is 0 Å². The van der Waals surface area contributed by atoms with Gasteiger partial charge in [-0.1, -0.05) is 32.0 Å². The Kier molecular flexibility index (Phi) is 5.16. The number of carbonyl (C=O) groups is 2. The highest BCUT2D eigenvalue weighted by atomic mass is 16.2. The van der Waals surface area contributed by atoms with Gasteiger partial charge >= 0.3 is 0 Å². The average molecular weight is 340 g/mol. The zero-order valence-corrected chi connectivity index (χ0v) is 14.7. The molecule has 6 nitrogen and oxygen atoms in total. The Morgan fingerprint density at radius 3 is 2.80 bits per heavy atom. The number of hydrogen-bond acceptors (Lipinski definition) is 3. The average Bonchev–Trinajstić information content (AvgIpc) is 3.20. The van der Waals surface area contributed by atoms with E-state index < -0.39 is 0 Å². The van der Waals surface area contributed by atoms with Crippen LogP contribution in [0, 0.1) is 0 Å². The first-order valence-electron chi connectivity index (χ1n) is 8.70. The summed E-state index contributed by atoms with van der Waals surface area (Å²) in [6.45, 7) is 5.29. The molecule has 0 unspecified atom stereocenters. The van der Waals surface area contributed by atoms with Crippen LogP contribution in [0.4, 0.5) is 5.69 Å². The maximum Gasteiger partial charge on any atom is 0.229 e. The molecule has 0 bridgehead atoms. The molecule has 1 aromatic carbocycles. The lowest BCUT2D eigenvalue weighted by Gasteiger charge is -2.17. The second-order valence-corrected chi connectivity index (χ2v) is 6.69. The number of nitrogens with one attached hydrogen (secondary N) is 1. The standard InChI is InChI=1S/C19H24N4O2/c1-14(2)19-20-9-11-22(19)10-8-17(24)21-15-12-18(25)23(13-15)16-6-4-3-5-7-16/h3-7,9,11,14-15H,8,10,12-13H2,1-2H3,(H,21,24)/t15-/m0/s1. The van der Waals surface area contributed by atoms with Gasteiger partial charge in [0.25, 0.3) is 0 Å². The number of aromatic nitrogens is 2. The van der Waals surface area contributed by atoms with Crippen LogP contribution >= 0.6 is 0 Å². The van der Waals surface area contributed by atoms with Gasteiger partial charge in [0.2, 0.25) is 11.8 Å². The van der Waals surface area contributed by atoms with E-state index in [0.717, 1.165) is 11.5 Å². The van der Waals surface area contributed by atoms with E-state index in [2.05, 4.69) is 24.1 Å². The van der Waals surface area contributed by atoms with Crippen molar-refractivity contribution in [2.45, 2.75) is 45.2 Å². The molecule has 1 fully saturated rings. The number of carbonyl (C=O) groups excluding carboxylic acids is 2. The molecular formula is C19H24N4O2. The molecule has 0 saturated carbocycles. The second-order valence-electron chi connectivity index (χ2n) is 6.69. The molecule has 1 aliphatic rings. The topological polar surface area (TPSA) is 67.2 Å². The van der Waals surface area contributed by atoms with Crippen molar-refractivity contribution < 1.29 is 9.59 Å². The molecule has 1 aromatic heterocycles. The molecule has 0 spiro atoms. The van der Waals surface area contributed by atoms with E-state index in [-0.39, 0.29) is 17.9 Å². The Bertz CT molecular complexity index is 739. The molecule has 0 radical (unpaired) electrons. The number of rotatable bonds is 6. The first-order chi connectivity index (χ1) is 12.0. The van der Waals surface area contributed by atoms with E-state index in [1.54, 1.807) is 11.1 Å². The number of benzene rings is 1. The van der Waals surface area contributed by atoms with E-state index in [1.165, 1.54) is 0 Å². The van der Waals surface area contributed by atoms with Gasteiger partial charge in [-0.2, -0.15) is 0 Å². The van der Waals surface area contributed by atoms with Crippen LogP contribution in [0.5, 0.6) is 0 Å². The summed E-state index contributed by atoms with van der Waals surface area (Å²) >= 11 is 0. The number of imidazole rings is 1. The van der Waals surface area contributed by atoms with Crippen LogP contribution in [0.15, 0.2) is 42.7 Å². The quantitative estimate of drug-likeness (QED) is 0.877. The van der Waals surface area contributed by atoms with Crippen molar-refractivity contribution in [3.8, 4) is 0 Å². The van der Waals surface area contributed by atoms with Crippen LogP contribution in [0.3, 0.4) is 0 Å². The first-order valence-corrected chi connectivity index (χ1v) is 8.70. The van der Waals surface area contributed by atoms with Crippen LogP contribution in [-0.4, -0.2) is 34.0 Å². The largest absolute Gasteiger partial charge is 0.351 e. The molecule has 1 N–H and O–H groups in total. The molecule has 132 valence electrons. The molecule has 0 aliphatic carbocycles. The number of anilines is 1. The summed E-state index contributed by atoms with van der Waals surface area (Å²) in [6, 6.07) is 9.43. The molecule has 25 heavy (non-hydrogen) atoms. The van der Waals surface area contributed by atoms with Crippen molar-refractivity contribution >= 4 is 17.5 Å². The fourth-order valence-electron chi connectivity index (χ4n) is 3.19. The lowest BCUT2D eigenvalue weighted by molar-refractivity contribution is -0.122. The Morgan fingerprint density at radius 1 is 1.32 bits per heavy atom. The number of nitrogens with zero attached hydrogens (tertiary/aromatic N) is 3. The summed E-state index contributed by atoms with van der Waals surface area (Å²) in [4.78, 5) is 30.5. The summed E-state index contributed by atoms with van der Waals surface area (Å²) in [5.74, 6) is 1.33. The van der Waals surface area contributed by atoms with Crippen LogP contribution in [0.1, 0.15) is 38.4 Å². The summed E-state index contributed by atoms with van der Waals surface area (Å²) < 4.78 is 2.01. The van der Waals surface area contributed by atoms with Gasteiger partial charge in [-0.3, -0.25) is 9.59 Å². The summed E-state index contributed by atoms with van der Waals surface area (Å²) in [5.41, 5.74) is 0.879. The molecule has 1 aliphatic heterocycles. The van der Waals surface area contributed by atoms with Gasteiger partial charge in [-0.15, -0.1) is 0 Å².